The Morgan fingerprint density at radius 2 is 2.19 bits per heavy atom. The lowest BCUT2D eigenvalue weighted by Crippen LogP contribution is -2.33. The van der Waals surface area contributed by atoms with Crippen molar-refractivity contribution >= 4 is 11.8 Å². The number of nitrogens with one attached hydrogen (secondary N) is 1. The maximum Gasteiger partial charge on any atom is 0.123 e. The van der Waals surface area contributed by atoms with Gasteiger partial charge in [0.1, 0.15) is 11.4 Å². The molecule has 0 amide bonds. The van der Waals surface area contributed by atoms with E-state index in [1.807, 2.05) is 0 Å². The molecule has 3 rings (SSSR count). The van der Waals surface area contributed by atoms with Crippen LogP contribution < -0.4 is 10.1 Å². The fourth-order valence-corrected chi connectivity index (χ4v) is 4.82. The first-order valence-electron chi connectivity index (χ1n) is 8.23. The Labute approximate surface area is 133 Å². The summed E-state index contributed by atoms with van der Waals surface area (Å²) in [5.41, 5.74) is 2.72. The van der Waals surface area contributed by atoms with Crippen LogP contribution in [0.4, 0.5) is 0 Å². The Bertz CT molecular complexity index is 500. The van der Waals surface area contributed by atoms with Gasteiger partial charge in [-0.3, -0.25) is 0 Å². The van der Waals surface area contributed by atoms with Crippen LogP contribution in [0.2, 0.25) is 0 Å². The topological polar surface area (TPSA) is 21.3 Å². The summed E-state index contributed by atoms with van der Waals surface area (Å²) in [7, 11) is 0. The lowest BCUT2D eigenvalue weighted by Gasteiger charge is -2.20. The minimum absolute atomic E-state index is 0.0390. The van der Waals surface area contributed by atoms with E-state index >= 15 is 0 Å². The highest BCUT2D eigenvalue weighted by Crippen LogP contribution is 2.35. The van der Waals surface area contributed by atoms with Crippen molar-refractivity contribution in [3.05, 3.63) is 29.3 Å². The van der Waals surface area contributed by atoms with Gasteiger partial charge in [0.05, 0.1) is 0 Å². The minimum atomic E-state index is -0.0390. The summed E-state index contributed by atoms with van der Waals surface area (Å²) < 4.78 is 5.95. The van der Waals surface area contributed by atoms with E-state index in [2.05, 4.69) is 56.0 Å². The zero-order valence-electron chi connectivity index (χ0n) is 13.4. The van der Waals surface area contributed by atoms with Crippen molar-refractivity contribution in [2.75, 3.05) is 5.75 Å². The van der Waals surface area contributed by atoms with Crippen LogP contribution >= 0.6 is 11.8 Å². The Morgan fingerprint density at radius 1 is 1.33 bits per heavy atom. The molecule has 2 aliphatic rings. The maximum atomic E-state index is 5.95. The van der Waals surface area contributed by atoms with E-state index in [1.165, 1.54) is 36.1 Å². The average Bonchev–Trinajstić information content (AvgIpc) is 2.98. The fraction of sp³-hybridized carbons (Fsp3) is 0.667. The van der Waals surface area contributed by atoms with Gasteiger partial charge >= 0.3 is 0 Å². The van der Waals surface area contributed by atoms with Crippen LogP contribution in [0.3, 0.4) is 0 Å². The third-order valence-electron chi connectivity index (χ3n) is 4.53. The quantitative estimate of drug-likeness (QED) is 0.882. The van der Waals surface area contributed by atoms with Crippen LogP contribution in [0.1, 0.15) is 51.2 Å². The molecule has 3 heteroatoms. The second-order valence-electron chi connectivity index (χ2n) is 6.89. The first-order valence-corrected chi connectivity index (χ1v) is 9.28. The van der Waals surface area contributed by atoms with Crippen molar-refractivity contribution in [1.29, 1.82) is 0 Å². The molecule has 1 N–H and O–H groups in total. The van der Waals surface area contributed by atoms with Gasteiger partial charge in [-0.05, 0) is 49.6 Å². The first-order chi connectivity index (χ1) is 10.1. The van der Waals surface area contributed by atoms with Gasteiger partial charge in [0.25, 0.3) is 0 Å². The summed E-state index contributed by atoms with van der Waals surface area (Å²) in [6.07, 6.45) is 5.11. The lowest BCUT2D eigenvalue weighted by molar-refractivity contribution is 0.138. The summed E-state index contributed by atoms with van der Waals surface area (Å²) in [5.74, 6) is 2.30. The normalized spacial score (nSPS) is 26.6. The van der Waals surface area contributed by atoms with Crippen molar-refractivity contribution < 1.29 is 4.74 Å². The summed E-state index contributed by atoms with van der Waals surface area (Å²) in [4.78, 5) is 0. The van der Waals surface area contributed by atoms with Gasteiger partial charge in [0, 0.05) is 24.3 Å². The van der Waals surface area contributed by atoms with Gasteiger partial charge in [0.15, 0.2) is 0 Å². The van der Waals surface area contributed by atoms with Gasteiger partial charge in [0.2, 0.25) is 0 Å². The predicted molar refractivity (Wildman–Crippen MR) is 91.3 cm³/mol. The van der Waals surface area contributed by atoms with Crippen molar-refractivity contribution in [2.45, 2.75) is 69.9 Å². The van der Waals surface area contributed by atoms with Gasteiger partial charge < -0.3 is 10.1 Å². The van der Waals surface area contributed by atoms with E-state index in [-0.39, 0.29) is 5.60 Å². The standard InChI is InChI=1S/C18H27NOS/c1-4-21-17-7-5-6-15(17)19-12-13-8-9-16-14(10-13)11-18(2,3)20-16/h8-10,15,17,19H,4-7,11-12H2,1-3H3. The van der Waals surface area contributed by atoms with E-state index in [0.717, 1.165) is 24.0 Å². The Morgan fingerprint density at radius 3 is 3.00 bits per heavy atom. The highest BCUT2D eigenvalue weighted by atomic mass is 32.2. The Hall–Kier alpha value is -0.670. The van der Waals surface area contributed by atoms with Gasteiger partial charge in [-0.2, -0.15) is 11.8 Å². The number of hydrogen-bond acceptors (Lipinski definition) is 3. The summed E-state index contributed by atoms with van der Waals surface area (Å²) in [6, 6.07) is 7.38. The monoisotopic (exact) mass is 305 g/mol. The average molecular weight is 305 g/mol. The van der Waals surface area contributed by atoms with Crippen LogP contribution in [-0.2, 0) is 13.0 Å². The molecular weight excluding hydrogens is 278 g/mol. The molecule has 1 saturated carbocycles. The molecule has 2 unspecified atom stereocenters. The largest absolute Gasteiger partial charge is 0.487 e. The van der Waals surface area contributed by atoms with Crippen molar-refractivity contribution in [3.8, 4) is 5.75 Å². The zero-order chi connectivity index (χ0) is 14.9. The van der Waals surface area contributed by atoms with E-state index in [4.69, 9.17) is 4.74 Å². The SMILES string of the molecule is CCSC1CCCC1NCc1ccc2c(c1)CC(C)(C)O2. The number of thioether (sulfide) groups is 1. The van der Waals surface area contributed by atoms with Crippen LogP contribution in [0.15, 0.2) is 18.2 Å². The molecule has 0 spiro atoms. The fourth-order valence-electron chi connectivity index (χ4n) is 3.59. The third kappa shape index (κ3) is 3.57. The molecule has 1 heterocycles. The Kier molecular flexibility index (Phi) is 4.51. The molecule has 0 radical (unpaired) electrons. The molecule has 1 fully saturated rings. The smallest absolute Gasteiger partial charge is 0.123 e. The maximum absolute atomic E-state index is 5.95. The molecule has 1 aliphatic heterocycles. The molecule has 0 saturated heterocycles. The second kappa shape index (κ2) is 6.21. The molecular formula is C18H27NOS. The lowest BCUT2D eigenvalue weighted by atomic mass is 10.00. The molecule has 2 nitrogen and oxygen atoms in total. The Balaban J connectivity index is 1.59. The number of rotatable bonds is 5. The van der Waals surface area contributed by atoms with Crippen LogP contribution in [0, 0.1) is 0 Å². The molecule has 0 bridgehead atoms. The van der Waals surface area contributed by atoms with Gasteiger partial charge in [-0.15, -0.1) is 0 Å². The van der Waals surface area contributed by atoms with Crippen LogP contribution in [-0.4, -0.2) is 22.6 Å². The predicted octanol–water partition coefficient (Wildman–Crippen LogP) is 4.16. The van der Waals surface area contributed by atoms with Crippen molar-refractivity contribution in [1.82, 2.24) is 5.32 Å². The summed E-state index contributed by atoms with van der Waals surface area (Å²) in [5, 5.41) is 4.59. The molecule has 0 aromatic heterocycles. The number of ether oxygens (including phenoxy) is 1. The molecule has 1 aromatic carbocycles. The third-order valence-corrected chi connectivity index (χ3v) is 5.85. The van der Waals surface area contributed by atoms with Gasteiger partial charge in [-0.1, -0.05) is 25.5 Å². The van der Waals surface area contributed by atoms with E-state index in [1.54, 1.807) is 0 Å². The molecule has 1 aromatic rings. The zero-order valence-corrected chi connectivity index (χ0v) is 14.3. The van der Waals surface area contributed by atoms with E-state index in [0.29, 0.717) is 6.04 Å². The summed E-state index contributed by atoms with van der Waals surface area (Å²) >= 11 is 2.12. The molecule has 116 valence electrons. The highest BCUT2D eigenvalue weighted by Gasteiger charge is 2.30. The minimum Gasteiger partial charge on any atom is -0.487 e. The second-order valence-corrected chi connectivity index (χ2v) is 8.41. The van der Waals surface area contributed by atoms with Crippen LogP contribution in [0.25, 0.3) is 0 Å². The molecule has 21 heavy (non-hydrogen) atoms. The van der Waals surface area contributed by atoms with E-state index in [9.17, 15) is 0 Å². The first kappa shape index (κ1) is 15.2. The number of fused-ring (bicyclic) bond motifs is 1. The van der Waals surface area contributed by atoms with Crippen LogP contribution in [0.5, 0.6) is 5.75 Å². The van der Waals surface area contributed by atoms with E-state index < -0.39 is 0 Å². The molecule has 2 atom stereocenters. The number of hydrogen-bond donors (Lipinski definition) is 1. The number of benzene rings is 1. The van der Waals surface area contributed by atoms with Gasteiger partial charge in [-0.25, -0.2) is 0 Å². The molecule has 1 aliphatic carbocycles. The van der Waals surface area contributed by atoms with Crippen molar-refractivity contribution in [2.24, 2.45) is 0 Å². The highest BCUT2D eigenvalue weighted by molar-refractivity contribution is 7.99. The van der Waals surface area contributed by atoms with Crippen molar-refractivity contribution in [3.63, 3.8) is 0 Å². The summed E-state index contributed by atoms with van der Waals surface area (Å²) in [6.45, 7) is 7.58.